The lowest BCUT2D eigenvalue weighted by Gasteiger charge is -2.53. The van der Waals surface area contributed by atoms with Crippen molar-refractivity contribution in [3.63, 3.8) is 0 Å². The summed E-state index contributed by atoms with van der Waals surface area (Å²) in [5.74, 6) is 0.354. The number of aromatic nitrogens is 4. The first kappa shape index (κ1) is 35.2. The maximum absolute atomic E-state index is 17.4. The Balaban J connectivity index is 1.10. The number of piperidine rings is 1. The number of likely N-dealkylation sites (tertiary alicyclic amines) is 1. The van der Waals surface area contributed by atoms with E-state index in [4.69, 9.17) is 28.9 Å². The predicted octanol–water partition coefficient (Wildman–Crippen LogP) is 3.81. The number of aliphatic hydroxyl groups is 1. The number of methoxy groups -OCH3 is 1. The van der Waals surface area contributed by atoms with Gasteiger partial charge in [0.15, 0.2) is 5.83 Å². The van der Waals surface area contributed by atoms with Gasteiger partial charge >= 0.3 is 6.01 Å². The number of rotatable bonds is 7. The first-order valence-electron chi connectivity index (χ1n) is 19.7. The lowest BCUT2D eigenvalue weighted by molar-refractivity contribution is -0.175. The molecule has 53 heavy (non-hydrogen) atoms. The molecule has 3 saturated heterocycles. The Morgan fingerprint density at radius 1 is 1.06 bits per heavy atom. The third-order valence-corrected chi connectivity index (χ3v) is 13.5. The number of hydrogen-bond acceptors (Lipinski definition) is 11. The molecule has 0 radical (unpaired) electrons. The second-order valence-corrected chi connectivity index (χ2v) is 17.0. The Morgan fingerprint density at radius 2 is 1.87 bits per heavy atom. The molecule has 2 saturated carbocycles. The lowest BCUT2D eigenvalue weighted by Crippen LogP contribution is -2.58. The summed E-state index contributed by atoms with van der Waals surface area (Å²) in [6.45, 7) is 9.54. The molecule has 2 aliphatic carbocycles. The van der Waals surface area contributed by atoms with E-state index in [1.165, 1.54) is 32.1 Å². The second kappa shape index (κ2) is 13.3. The smallest absolute Gasteiger partial charge is 0.319 e. The van der Waals surface area contributed by atoms with Crippen molar-refractivity contribution in [1.29, 1.82) is 0 Å². The molecule has 13 heteroatoms. The van der Waals surface area contributed by atoms with E-state index in [-0.39, 0.29) is 35.5 Å². The van der Waals surface area contributed by atoms with Gasteiger partial charge in [0.1, 0.15) is 28.0 Å². The molecule has 3 N–H and O–H groups in total. The van der Waals surface area contributed by atoms with Gasteiger partial charge in [-0.15, -0.1) is 0 Å². The number of fused-ring (bicyclic) bond motifs is 3. The number of anilines is 1. The molecule has 1 aromatic carbocycles. The summed E-state index contributed by atoms with van der Waals surface area (Å²) < 4.78 is 41.9. The SMILES string of the molecule is COC1=c2c(N3CCOC[C@@](C)(O)C3)nc(OCC34CCC[C@H]3N(C3CCC5(CCO5)CC3)CCC4)nc2=C(F)C(c2c(C)c(C)cc3[nH]ncc23)N1. The first-order chi connectivity index (χ1) is 25.6. The summed E-state index contributed by atoms with van der Waals surface area (Å²) in [5.41, 5.74) is 2.57. The zero-order chi connectivity index (χ0) is 36.5. The van der Waals surface area contributed by atoms with Crippen LogP contribution < -0.4 is 25.5 Å². The standard InChI is InChI=1S/C40H54FN7O5/c1-24-19-28-27(20-42-46-28)30(25(24)2)33-32(41)34-31(36(43-33)50-4)35(47-16-18-51-22-38(3,49)21-47)45-37(44-34)52-23-39-10-5-7-29(39)48(15-6-11-39)26-8-12-40(13-9-26)14-17-53-40/h19-20,26,29,33,43,49H,5-18,21-23H2,1-4H3,(H,42,46)/t26?,29-,33?,38+,39?,40?/m1/s1. The van der Waals surface area contributed by atoms with Crippen LogP contribution in [0.1, 0.15) is 93.9 Å². The van der Waals surface area contributed by atoms with Crippen LogP contribution in [0.3, 0.4) is 0 Å². The largest absolute Gasteiger partial charge is 0.482 e. The Morgan fingerprint density at radius 3 is 2.64 bits per heavy atom. The number of H-pyrrole nitrogens is 1. The van der Waals surface area contributed by atoms with Gasteiger partial charge in [-0.25, -0.2) is 4.39 Å². The van der Waals surface area contributed by atoms with Crippen molar-refractivity contribution < 1.29 is 28.4 Å². The highest BCUT2D eigenvalue weighted by atomic mass is 19.1. The third-order valence-electron chi connectivity index (χ3n) is 13.5. The van der Waals surface area contributed by atoms with Crippen molar-refractivity contribution in [2.75, 3.05) is 58.1 Å². The average molecular weight is 732 g/mol. The highest BCUT2D eigenvalue weighted by Crippen LogP contribution is 2.51. The van der Waals surface area contributed by atoms with Crippen LogP contribution in [0.25, 0.3) is 22.6 Å². The number of β-amino-alcohol motifs (C(OH)–C–C–N with tert-alkyl or cyclic N) is 1. The van der Waals surface area contributed by atoms with Crippen LogP contribution in [0.4, 0.5) is 10.2 Å². The third kappa shape index (κ3) is 6.06. The molecule has 2 unspecified atom stereocenters. The van der Waals surface area contributed by atoms with Crippen molar-refractivity contribution >= 4 is 28.4 Å². The summed E-state index contributed by atoms with van der Waals surface area (Å²) in [4.78, 5) is 14.7. The van der Waals surface area contributed by atoms with E-state index in [1.807, 2.05) is 24.8 Å². The van der Waals surface area contributed by atoms with Crippen LogP contribution in [-0.4, -0.2) is 107 Å². The summed E-state index contributed by atoms with van der Waals surface area (Å²) in [6, 6.07) is 2.32. The zero-order valence-electron chi connectivity index (χ0n) is 31.6. The fraction of sp³-hybridized carbons (Fsp3) is 0.675. The molecule has 0 amide bonds. The van der Waals surface area contributed by atoms with E-state index >= 15 is 4.39 Å². The molecule has 6 aliphatic rings. The van der Waals surface area contributed by atoms with E-state index in [1.54, 1.807) is 20.2 Å². The lowest BCUT2D eigenvalue weighted by atomic mass is 9.72. The minimum atomic E-state index is -1.15. The summed E-state index contributed by atoms with van der Waals surface area (Å²) in [6.07, 6.45) is 13.3. The fourth-order valence-corrected chi connectivity index (χ4v) is 10.6. The van der Waals surface area contributed by atoms with Crippen LogP contribution in [0.5, 0.6) is 6.01 Å². The normalized spacial score (nSPS) is 33.3. The van der Waals surface area contributed by atoms with E-state index in [2.05, 4.69) is 20.4 Å². The number of halogens is 1. The van der Waals surface area contributed by atoms with Gasteiger partial charge in [0.05, 0.1) is 57.4 Å². The van der Waals surface area contributed by atoms with Crippen molar-refractivity contribution in [3.8, 4) is 6.01 Å². The molecule has 6 heterocycles. The number of benzene rings is 1. The maximum Gasteiger partial charge on any atom is 0.319 e. The van der Waals surface area contributed by atoms with E-state index in [9.17, 15) is 5.11 Å². The molecule has 5 fully saturated rings. The van der Waals surface area contributed by atoms with Gasteiger partial charge in [0.25, 0.3) is 0 Å². The van der Waals surface area contributed by atoms with E-state index in [0.717, 1.165) is 72.8 Å². The second-order valence-electron chi connectivity index (χ2n) is 17.0. The predicted molar refractivity (Wildman–Crippen MR) is 198 cm³/mol. The van der Waals surface area contributed by atoms with Gasteiger partial charge in [0.2, 0.25) is 5.88 Å². The van der Waals surface area contributed by atoms with Crippen molar-refractivity contribution in [2.45, 2.75) is 114 Å². The number of nitrogens with zero attached hydrogens (tertiary/aromatic N) is 5. The van der Waals surface area contributed by atoms with Crippen molar-refractivity contribution in [1.82, 2.24) is 30.4 Å². The number of nitrogens with one attached hydrogen (secondary N) is 2. The highest BCUT2D eigenvalue weighted by molar-refractivity contribution is 5.86. The number of ether oxygens (including phenoxy) is 4. The van der Waals surface area contributed by atoms with Crippen LogP contribution in [0, 0.1) is 19.3 Å². The number of aryl methyl sites for hydroxylation is 1. The van der Waals surface area contributed by atoms with Crippen LogP contribution >= 0.6 is 0 Å². The molecule has 3 aromatic rings. The Bertz CT molecular complexity index is 2010. The molecular formula is C40H54FN7O5. The minimum absolute atomic E-state index is 0.0123. The van der Waals surface area contributed by atoms with E-state index < -0.39 is 17.5 Å². The Labute approximate surface area is 310 Å². The fourth-order valence-electron chi connectivity index (χ4n) is 10.6. The molecule has 4 atom stereocenters. The molecular weight excluding hydrogens is 677 g/mol. The molecule has 2 aromatic heterocycles. The van der Waals surface area contributed by atoms with Crippen LogP contribution in [0.2, 0.25) is 0 Å². The van der Waals surface area contributed by atoms with Gasteiger partial charge in [0, 0.05) is 29.4 Å². The van der Waals surface area contributed by atoms with Gasteiger partial charge in [-0.05, 0) is 108 Å². The highest BCUT2D eigenvalue weighted by Gasteiger charge is 2.52. The molecule has 12 nitrogen and oxygen atoms in total. The zero-order valence-corrected chi connectivity index (χ0v) is 31.6. The Kier molecular flexibility index (Phi) is 8.87. The molecule has 0 bridgehead atoms. The quantitative estimate of drug-likeness (QED) is 0.328. The van der Waals surface area contributed by atoms with Crippen molar-refractivity contribution in [2.24, 2.45) is 5.41 Å². The number of aromatic amines is 1. The monoisotopic (exact) mass is 731 g/mol. The van der Waals surface area contributed by atoms with E-state index in [0.29, 0.717) is 48.8 Å². The topological polar surface area (TPSA) is 130 Å². The van der Waals surface area contributed by atoms with Gasteiger partial charge in [-0.3, -0.25) is 10.00 Å². The number of hydrogen-bond donors (Lipinski definition) is 3. The Hall–Kier alpha value is -3.52. The van der Waals surface area contributed by atoms with Crippen molar-refractivity contribution in [3.05, 3.63) is 39.5 Å². The minimum Gasteiger partial charge on any atom is -0.482 e. The van der Waals surface area contributed by atoms with Gasteiger partial charge < -0.3 is 34.3 Å². The molecule has 1 spiro atoms. The summed E-state index contributed by atoms with van der Waals surface area (Å²) in [5, 5.41) is 23.3. The first-order valence-corrected chi connectivity index (χ1v) is 19.7. The molecule has 4 aliphatic heterocycles. The summed E-state index contributed by atoms with van der Waals surface area (Å²) >= 11 is 0. The maximum atomic E-state index is 17.4. The average Bonchev–Trinajstić information content (AvgIpc) is 3.75. The molecule has 9 rings (SSSR count). The molecule has 286 valence electrons. The van der Waals surface area contributed by atoms with Gasteiger partial charge in [-0.1, -0.05) is 6.42 Å². The van der Waals surface area contributed by atoms with Crippen LogP contribution in [0.15, 0.2) is 12.3 Å². The van der Waals surface area contributed by atoms with Crippen LogP contribution in [-0.2, 0) is 14.2 Å². The van der Waals surface area contributed by atoms with Gasteiger partial charge in [-0.2, -0.15) is 15.1 Å². The summed E-state index contributed by atoms with van der Waals surface area (Å²) in [7, 11) is 1.57.